The molecule has 0 atom stereocenters. The molecular formula is C14H26N4O. The van der Waals surface area contributed by atoms with Gasteiger partial charge in [-0.25, -0.2) is 4.98 Å². The Bertz CT molecular complexity index is 351. The quantitative estimate of drug-likeness (QED) is 0.672. The van der Waals surface area contributed by atoms with Gasteiger partial charge in [0.25, 0.3) is 0 Å². The predicted molar refractivity (Wildman–Crippen MR) is 79.6 cm³/mol. The minimum Gasteiger partial charge on any atom is -0.476 e. The molecule has 0 radical (unpaired) electrons. The normalized spacial score (nSPS) is 10.5. The Hall–Kier alpha value is -1.52. The minimum absolute atomic E-state index is 0.513. The average Bonchev–Trinajstić information content (AvgIpc) is 2.42. The van der Waals surface area contributed by atoms with Crippen molar-refractivity contribution in [1.29, 1.82) is 0 Å². The third-order valence-corrected chi connectivity index (χ3v) is 2.83. The lowest BCUT2D eigenvalue weighted by Crippen LogP contribution is -2.11. The molecule has 0 amide bonds. The summed E-state index contributed by atoms with van der Waals surface area (Å²) in [5, 5.41) is 3.26. The van der Waals surface area contributed by atoms with Gasteiger partial charge in [0, 0.05) is 13.0 Å². The number of nitrogens with two attached hydrogens (primary N) is 1. The first-order chi connectivity index (χ1) is 9.22. The molecule has 0 fully saturated rings. The van der Waals surface area contributed by atoms with Crippen LogP contribution in [-0.2, 0) is 6.42 Å². The molecular weight excluding hydrogens is 240 g/mol. The molecule has 0 saturated heterocycles. The molecule has 1 aromatic rings. The van der Waals surface area contributed by atoms with E-state index in [1.807, 2.05) is 6.92 Å². The van der Waals surface area contributed by atoms with Crippen molar-refractivity contribution in [2.45, 2.75) is 52.9 Å². The van der Waals surface area contributed by atoms with Crippen LogP contribution in [0.5, 0.6) is 5.88 Å². The van der Waals surface area contributed by atoms with Gasteiger partial charge in [0.2, 0.25) is 5.88 Å². The number of nitrogens with zero attached hydrogens (tertiary/aromatic N) is 2. The van der Waals surface area contributed by atoms with Gasteiger partial charge in [0.1, 0.15) is 11.5 Å². The van der Waals surface area contributed by atoms with Gasteiger partial charge in [-0.05, 0) is 12.8 Å². The first kappa shape index (κ1) is 15.5. The first-order valence-electron chi connectivity index (χ1n) is 7.25. The van der Waals surface area contributed by atoms with Crippen LogP contribution in [0.1, 0.15) is 52.3 Å². The number of aryl methyl sites for hydroxylation is 1. The highest BCUT2D eigenvalue weighted by molar-refractivity contribution is 5.66. The van der Waals surface area contributed by atoms with Crippen LogP contribution in [0, 0.1) is 0 Å². The maximum atomic E-state index is 6.06. The largest absolute Gasteiger partial charge is 0.476 e. The second-order valence-electron chi connectivity index (χ2n) is 4.54. The molecule has 0 aliphatic carbocycles. The highest BCUT2D eigenvalue weighted by Gasteiger charge is 2.12. The van der Waals surface area contributed by atoms with Crippen molar-refractivity contribution in [3.8, 4) is 5.88 Å². The van der Waals surface area contributed by atoms with E-state index in [2.05, 4.69) is 29.1 Å². The summed E-state index contributed by atoms with van der Waals surface area (Å²) < 4.78 is 5.65. The number of aromatic nitrogens is 2. The van der Waals surface area contributed by atoms with Gasteiger partial charge in [-0.2, -0.15) is 4.98 Å². The van der Waals surface area contributed by atoms with E-state index >= 15 is 0 Å². The number of nitrogen functional groups attached to an aromatic ring is 1. The van der Waals surface area contributed by atoms with Crippen molar-refractivity contribution in [3.05, 3.63) is 5.82 Å². The van der Waals surface area contributed by atoms with Crippen LogP contribution in [0.4, 0.5) is 11.5 Å². The van der Waals surface area contributed by atoms with E-state index in [1.165, 1.54) is 0 Å². The number of ether oxygens (including phenoxy) is 1. The molecule has 0 aliphatic rings. The van der Waals surface area contributed by atoms with Crippen LogP contribution >= 0.6 is 0 Å². The van der Waals surface area contributed by atoms with Crippen molar-refractivity contribution in [3.63, 3.8) is 0 Å². The summed E-state index contributed by atoms with van der Waals surface area (Å²) >= 11 is 0. The van der Waals surface area contributed by atoms with Crippen LogP contribution < -0.4 is 15.8 Å². The van der Waals surface area contributed by atoms with Crippen molar-refractivity contribution in [2.75, 3.05) is 24.2 Å². The third-order valence-electron chi connectivity index (χ3n) is 2.83. The lowest BCUT2D eigenvalue weighted by molar-refractivity contribution is 0.298. The summed E-state index contributed by atoms with van der Waals surface area (Å²) in [6.07, 6.45) is 5.10. The number of hydrogen-bond acceptors (Lipinski definition) is 5. The Morgan fingerprint density at radius 3 is 2.47 bits per heavy atom. The van der Waals surface area contributed by atoms with E-state index < -0.39 is 0 Å². The molecule has 0 unspecified atom stereocenters. The smallest absolute Gasteiger partial charge is 0.242 e. The van der Waals surface area contributed by atoms with E-state index in [0.29, 0.717) is 24.0 Å². The molecule has 0 aromatic carbocycles. The summed E-state index contributed by atoms with van der Waals surface area (Å²) in [6.45, 7) is 7.82. The van der Waals surface area contributed by atoms with Crippen molar-refractivity contribution >= 4 is 11.5 Å². The molecule has 19 heavy (non-hydrogen) atoms. The monoisotopic (exact) mass is 266 g/mol. The van der Waals surface area contributed by atoms with Crippen LogP contribution in [0.3, 0.4) is 0 Å². The maximum absolute atomic E-state index is 6.06. The van der Waals surface area contributed by atoms with Crippen LogP contribution in [0.2, 0.25) is 0 Å². The zero-order valence-electron chi connectivity index (χ0n) is 12.3. The van der Waals surface area contributed by atoms with Crippen molar-refractivity contribution < 1.29 is 4.74 Å². The Morgan fingerprint density at radius 2 is 1.84 bits per heavy atom. The molecule has 0 bridgehead atoms. The second-order valence-corrected chi connectivity index (χ2v) is 4.54. The highest BCUT2D eigenvalue weighted by atomic mass is 16.5. The van der Waals surface area contributed by atoms with Crippen LogP contribution in [0.25, 0.3) is 0 Å². The van der Waals surface area contributed by atoms with E-state index in [-0.39, 0.29) is 0 Å². The molecule has 5 nitrogen and oxygen atoms in total. The van der Waals surface area contributed by atoms with Crippen LogP contribution in [-0.4, -0.2) is 23.1 Å². The van der Waals surface area contributed by atoms with E-state index in [4.69, 9.17) is 10.5 Å². The van der Waals surface area contributed by atoms with E-state index in [9.17, 15) is 0 Å². The number of rotatable bonds is 9. The molecule has 5 heteroatoms. The topological polar surface area (TPSA) is 73.1 Å². The number of nitrogens with one attached hydrogen (secondary N) is 1. The molecule has 1 rings (SSSR count). The third kappa shape index (κ3) is 4.93. The Balaban J connectivity index is 2.80. The molecule has 0 saturated carbocycles. The lowest BCUT2D eigenvalue weighted by Gasteiger charge is -2.13. The minimum atomic E-state index is 0.513. The maximum Gasteiger partial charge on any atom is 0.242 e. The van der Waals surface area contributed by atoms with Crippen LogP contribution in [0.15, 0.2) is 0 Å². The Morgan fingerprint density at radius 1 is 1.11 bits per heavy atom. The zero-order valence-corrected chi connectivity index (χ0v) is 12.3. The summed E-state index contributed by atoms with van der Waals surface area (Å²) in [7, 11) is 0. The van der Waals surface area contributed by atoms with Gasteiger partial charge < -0.3 is 15.8 Å². The van der Waals surface area contributed by atoms with Gasteiger partial charge >= 0.3 is 0 Å². The molecule has 3 N–H and O–H groups in total. The standard InChI is InChI=1S/C14H26N4O/c1-4-7-9-16-13-12(15)14(19-10-8-5-2)18-11(6-3)17-13/h4-10,15H2,1-3H3,(H,16,17,18). The fourth-order valence-electron chi connectivity index (χ4n) is 1.59. The van der Waals surface area contributed by atoms with Gasteiger partial charge in [-0.1, -0.05) is 33.6 Å². The summed E-state index contributed by atoms with van der Waals surface area (Å²) in [5.41, 5.74) is 6.58. The highest BCUT2D eigenvalue weighted by Crippen LogP contribution is 2.26. The van der Waals surface area contributed by atoms with Gasteiger partial charge in [0.15, 0.2) is 5.82 Å². The predicted octanol–water partition coefficient (Wildman–Crippen LogP) is 3.01. The fourth-order valence-corrected chi connectivity index (χ4v) is 1.59. The molecule has 1 aromatic heterocycles. The van der Waals surface area contributed by atoms with Crippen molar-refractivity contribution in [1.82, 2.24) is 9.97 Å². The number of anilines is 2. The first-order valence-corrected chi connectivity index (χ1v) is 7.25. The lowest BCUT2D eigenvalue weighted by atomic mass is 10.3. The zero-order chi connectivity index (χ0) is 14.1. The summed E-state index contributed by atoms with van der Waals surface area (Å²) in [6, 6.07) is 0. The molecule has 108 valence electrons. The van der Waals surface area contributed by atoms with Gasteiger partial charge in [-0.15, -0.1) is 0 Å². The Kier molecular flexibility index (Phi) is 7.00. The van der Waals surface area contributed by atoms with E-state index in [0.717, 1.165) is 44.5 Å². The molecule has 1 heterocycles. The average molecular weight is 266 g/mol. The fraction of sp³-hybridized carbons (Fsp3) is 0.714. The van der Waals surface area contributed by atoms with E-state index in [1.54, 1.807) is 0 Å². The summed E-state index contributed by atoms with van der Waals surface area (Å²) in [5.74, 6) is 1.98. The summed E-state index contributed by atoms with van der Waals surface area (Å²) in [4.78, 5) is 8.78. The Labute approximate surface area is 116 Å². The SMILES string of the molecule is CCCCNc1nc(CC)nc(OCCCC)c1N. The number of unbranched alkanes of at least 4 members (excludes halogenated alkanes) is 2. The molecule has 0 aliphatic heterocycles. The van der Waals surface area contributed by atoms with Gasteiger partial charge in [-0.3, -0.25) is 0 Å². The van der Waals surface area contributed by atoms with Crippen molar-refractivity contribution in [2.24, 2.45) is 0 Å². The number of hydrogen-bond donors (Lipinski definition) is 2. The second kappa shape index (κ2) is 8.56. The van der Waals surface area contributed by atoms with Gasteiger partial charge in [0.05, 0.1) is 6.61 Å². The molecule has 0 spiro atoms.